The number of hydrogen-bond acceptors (Lipinski definition) is 5. The fraction of sp³-hybridized carbons (Fsp3) is 0.0667. The number of imidazole rings is 1. The second-order valence-electron chi connectivity index (χ2n) is 4.62. The van der Waals surface area contributed by atoms with Crippen LogP contribution in [0, 0.1) is 6.92 Å². The Balaban J connectivity index is 1.94. The highest BCUT2D eigenvalue weighted by Crippen LogP contribution is 2.18. The lowest BCUT2D eigenvalue weighted by Gasteiger charge is -2.10. The summed E-state index contributed by atoms with van der Waals surface area (Å²) in [7, 11) is 0. The van der Waals surface area contributed by atoms with Crippen LogP contribution in [0.3, 0.4) is 0 Å². The molecule has 0 aliphatic carbocycles. The van der Waals surface area contributed by atoms with Crippen molar-refractivity contribution in [2.75, 3.05) is 5.32 Å². The minimum Gasteiger partial charge on any atom is -0.366 e. The van der Waals surface area contributed by atoms with Crippen LogP contribution in [0.5, 0.6) is 0 Å². The number of nitrogens with one attached hydrogen (secondary N) is 1. The van der Waals surface area contributed by atoms with E-state index in [2.05, 4.69) is 20.3 Å². The summed E-state index contributed by atoms with van der Waals surface area (Å²) in [6.45, 7) is 1.89. The fourth-order valence-corrected chi connectivity index (χ4v) is 2.09. The van der Waals surface area contributed by atoms with Gasteiger partial charge < -0.3 is 11.1 Å². The van der Waals surface area contributed by atoms with Crippen LogP contribution in [0.1, 0.15) is 16.2 Å². The maximum atomic E-state index is 11.4. The van der Waals surface area contributed by atoms with E-state index >= 15 is 0 Å². The molecule has 7 heteroatoms. The predicted octanol–water partition coefficient (Wildman–Crippen LogP) is 1.81. The first kappa shape index (κ1) is 13.7. The number of carbonyl (C=O) groups excluding carboxylic acids is 1. The zero-order chi connectivity index (χ0) is 15.5. The van der Waals surface area contributed by atoms with Crippen molar-refractivity contribution in [3.8, 4) is 5.82 Å². The van der Waals surface area contributed by atoms with E-state index < -0.39 is 5.91 Å². The first-order valence-electron chi connectivity index (χ1n) is 6.64. The van der Waals surface area contributed by atoms with Gasteiger partial charge in [-0.25, -0.2) is 9.97 Å². The highest BCUT2D eigenvalue weighted by molar-refractivity contribution is 5.98. The number of benzene rings is 1. The van der Waals surface area contributed by atoms with Crippen LogP contribution >= 0.6 is 0 Å². The summed E-state index contributed by atoms with van der Waals surface area (Å²) in [5.74, 6) is 1.37. The normalized spacial score (nSPS) is 10.4. The summed E-state index contributed by atoms with van der Waals surface area (Å²) in [4.78, 5) is 24.2. The van der Waals surface area contributed by atoms with Crippen molar-refractivity contribution >= 4 is 17.5 Å². The Hall–Kier alpha value is -3.22. The average Bonchev–Trinajstić information content (AvgIpc) is 2.94. The Bertz CT molecular complexity index is 826. The van der Waals surface area contributed by atoms with Gasteiger partial charge in [-0.2, -0.15) is 4.98 Å². The number of aryl methyl sites for hydroxylation is 1. The highest BCUT2D eigenvalue weighted by Gasteiger charge is 2.09. The lowest BCUT2D eigenvalue weighted by atomic mass is 10.1. The number of rotatable bonds is 4. The summed E-state index contributed by atoms with van der Waals surface area (Å²) < 4.78 is 1.84. The van der Waals surface area contributed by atoms with Crippen LogP contribution in [0.25, 0.3) is 5.82 Å². The number of nitrogens with two attached hydrogens (primary N) is 1. The molecule has 3 rings (SSSR count). The van der Waals surface area contributed by atoms with Crippen molar-refractivity contribution in [1.29, 1.82) is 0 Å². The molecule has 0 radical (unpaired) electrons. The first-order chi connectivity index (χ1) is 10.6. The van der Waals surface area contributed by atoms with Crippen molar-refractivity contribution in [3.05, 3.63) is 60.3 Å². The summed E-state index contributed by atoms with van der Waals surface area (Å²) in [6.07, 6.45) is 5.16. The van der Waals surface area contributed by atoms with Gasteiger partial charge in [-0.05, 0) is 25.1 Å². The van der Waals surface area contributed by atoms with E-state index in [1.54, 1.807) is 42.7 Å². The Morgan fingerprint density at radius 1 is 1.18 bits per heavy atom. The van der Waals surface area contributed by atoms with Crippen LogP contribution in [0.15, 0.2) is 48.9 Å². The molecule has 1 amide bonds. The molecule has 3 N–H and O–H groups in total. The number of anilines is 2. The van der Waals surface area contributed by atoms with Crippen molar-refractivity contribution < 1.29 is 4.79 Å². The molecule has 0 aliphatic rings. The van der Waals surface area contributed by atoms with Crippen molar-refractivity contribution in [3.63, 3.8) is 0 Å². The Labute approximate surface area is 126 Å². The monoisotopic (exact) mass is 294 g/mol. The largest absolute Gasteiger partial charge is 0.366 e. The molecule has 110 valence electrons. The van der Waals surface area contributed by atoms with Gasteiger partial charge in [0.1, 0.15) is 11.6 Å². The van der Waals surface area contributed by atoms with Gasteiger partial charge in [0, 0.05) is 18.6 Å². The number of primary amides is 1. The Kier molecular flexibility index (Phi) is 3.53. The van der Waals surface area contributed by atoms with Crippen molar-refractivity contribution in [2.45, 2.75) is 6.92 Å². The molecule has 0 saturated carbocycles. The topological polar surface area (TPSA) is 98.7 Å². The van der Waals surface area contributed by atoms with Gasteiger partial charge in [0.25, 0.3) is 5.91 Å². The zero-order valence-electron chi connectivity index (χ0n) is 11.9. The number of amides is 1. The van der Waals surface area contributed by atoms with Crippen molar-refractivity contribution in [1.82, 2.24) is 19.5 Å². The van der Waals surface area contributed by atoms with Crippen molar-refractivity contribution in [2.24, 2.45) is 5.73 Å². The lowest BCUT2D eigenvalue weighted by Crippen LogP contribution is -2.13. The van der Waals surface area contributed by atoms with E-state index in [4.69, 9.17) is 5.73 Å². The summed E-state index contributed by atoms with van der Waals surface area (Å²) >= 11 is 0. The molecule has 0 bridgehead atoms. The number of hydrogen-bond donors (Lipinski definition) is 2. The molecule has 2 heterocycles. The Morgan fingerprint density at radius 2 is 2.00 bits per heavy atom. The maximum Gasteiger partial charge on any atom is 0.250 e. The molecule has 0 fully saturated rings. The molecule has 7 nitrogen and oxygen atoms in total. The minimum atomic E-state index is -0.510. The van der Waals surface area contributed by atoms with Gasteiger partial charge in [0.05, 0.1) is 11.3 Å². The average molecular weight is 294 g/mol. The SMILES string of the molecule is Cc1nccn1-c1ccnc(Nc2ccccc2C(N)=O)n1. The molecule has 2 aromatic heterocycles. The third-order valence-electron chi connectivity index (χ3n) is 3.15. The van der Waals surface area contributed by atoms with E-state index in [-0.39, 0.29) is 0 Å². The molecular formula is C15H14N6O. The minimum absolute atomic E-state index is 0.374. The molecule has 0 unspecified atom stereocenters. The number of para-hydroxylation sites is 1. The van der Waals surface area contributed by atoms with Gasteiger partial charge in [0.15, 0.2) is 0 Å². The van der Waals surface area contributed by atoms with E-state index in [1.807, 2.05) is 17.7 Å². The number of nitrogens with zero attached hydrogens (tertiary/aromatic N) is 4. The predicted molar refractivity (Wildman–Crippen MR) is 82.1 cm³/mol. The zero-order valence-corrected chi connectivity index (χ0v) is 11.9. The van der Waals surface area contributed by atoms with E-state index in [0.29, 0.717) is 23.0 Å². The Morgan fingerprint density at radius 3 is 2.73 bits per heavy atom. The third-order valence-corrected chi connectivity index (χ3v) is 3.15. The second kappa shape index (κ2) is 5.65. The van der Waals surface area contributed by atoms with Gasteiger partial charge >= 0.3 is 0 Å². The van der Waals surface area contributed by atoms with Crippen LogP contribution in [-0.4, -0.2) is 25.4 Å². The molecule has 22 heavy (non-hydrogen) atoms. The molecule has 0 atom stereocenters. The maximum absolute atomic E-state index is 11.4. The molecule has 0 spiro atoms. The number of carbonyl (C=O) groups is 1. The van der Waals surface area contributed by atoms with Crippen LogP contribution in [-0.2, 0) is 0 Å². The molecule has 0 aliphatic heterocycles. The van der Waals surface area contributed by atoms with Gasteiger partial charge in [-0.15, -0.1) is 0 Å². The van der Waals surface area contributed by atoms with Crippen LogP contribution in [0.4, 0.5) is 11.6 Å². The third kappa shape index (κ3) is 2.64. The molecular weight excluding hydrogens is 280 g/mol. The highest BCUT2D eigenvalue weighted by atomic mass is 16.1. The summed E-state index contributed by atoms with van der Waals surface area (Å²) in [6, 6.07) is 8.73. The van der Waals surface area contributed by atoms with E-state index in [0.717, 1.165) is 5.82 Å². The van der Waals surface area contributed by atoms with Crippen LogP contribution < -0.4 is 11.1 Å². The fourth-order valence-electron chi connectivity index (χ4n) is 2.09. The van der Waals surface area contributed by atoms with E-state index in [1.165, 1.54) is 0 Å². The van der Waals surface area contributed by atoms with Gasteiger partial charge in [0.2, 0.25) is 5.95 Å². The lowest BCUT2D eigenvalue weighted by molar-refractivity contribution is 0.100. The smallest absolute Gasteiger partial charge is 0.250 e. The quantitative estimate of drug-likeness (QED) is 0.764. The molecule has 3 aromatic rings. The summed E-state index contributed by atoms with van der Waals surface area (Å²) in [5.41, 5.74) is 6.31. The van der Waals surface area contributed by atoms with Crippen LogP contribution in [0.2, 0.25) is 0 Å². The second-order valence-corrected chi connectivity index (χ2v) is 4.62. The summed E-state index contributed by atoms with van der Waals surface area (Å²) in [5, 5.41) is 3.02. The molecule has 1 aromatic carbocycles. The van der Waals surface area contributed by atoms with Gasteiger partial charge in [-0.1, -0.05) is 12.1 Å². The van der Waals surface area contributed by atoms with E-state index in [9.17, 15) is 4.79 Å². The standard InChI is InChI=1S/C15H14N6O/c1-10-17-8-9-21(10)13-6-7-18-15(20-13)19-12-5-3-2-4-11(12)14(16)22/h2-9H,1H3,(H2,16,22)(H,18,19,20). The van der Waals surface area contributed by atoms with Gasteiger partial charge in [-0.3, -0.25) is 9.36 Å². The molecule has 0 saturated heterocycles. The number of aromatic nitrogens is 4. The first-order valence-corrected chi connectivity index (χ1v) is 6.64.